The molecule has 0 saturated heterocycles. The fourth-order valence-corrected chi connectivity index (χ4v) is 2.22. The Morgan fingerprint density at radius 1 is 1.12 bits per heavy atom. The van der Waals surface area contributed by atoms with E-state index in [1.54, 1.807) is 30.3 Å². The zero-order valence-corrected chi connectivity index (χ0v) is 14.7. The average molecular weight is 352 g/mol. The first-order valence-corrected chi connectivity index (χ1v) is 7.90. The molecule has 0 aliphatic heterocycles. The Kier molecular flexibility index (Phi) is 7.07. The Bertz CT molecular complexity index is 807. The maximum Gasteiger partial charge on any atom is 0.273 e. The van der Waals surface area contributed by atoms with Gasteiger partial charge >= 0.3 is 0 Å². The number of hydrogen-bond acceptors (Lipinski definition) is 5. The number of oxime groups is 1. The van der Waals surface area contributed by atoms with Crippen molar-refractivity contribution >= 4 is 11.6 Å². The molecule has 6 heteroatoms. The topological polar surface area (TPSA) is 69.1 Å². The summed E-state index contributed by atoms with van der Waals surface area (Å²) in [4.78, 5) is 16.9. The lowest BCUT2D eigenvalue weighted by Crippen LogP contribution is -2.29. The van der Waals surface area contributed by atoms with Gasteiger partial charge in [-0.15, -0.1) is 6.42 Å². The molecule has 2 aromatic rings. The SMILES string of the molecule is C#CCOc1ccc(OCc2ccccc2/C(=N\OC)C(=O)NC)cc1. The van der Waals surface area contributed by atoms with E-state index in [0.717, 1.165) is 5.56 Å². The van der Waals surface area contributed by atoms with Crippen molar-refractivity contribution in [2.45, 2.75) is 6.61 Å². The van der Waals surface area contributed by atoms with E-state index in [-0.39, 0.29) is 24.8 Å². The van der Waals surface area contributed by atoms with E-state index in [1.807, 2.05) is 18.2 Å². The molecular weight excluding hydrogens is 332 g/mol. The van der Waals surface area contributed by atoms with Crippen LogP contribution < -0.4 is 14.8 Å². The van der Waals surface area contributed by atoms with Gasteiger partial charge in [0.25, 0.3) is 5.91 Å². The maximum atomic E-state index is 12.1. The molecule has 0 aromatic heterocycles. The summed E-state index contributed by atoms with van der Waals surface area (Å²) in [5.74, 6) is 3.41. The lowest BCUT2D eigenvalue weighted by Gasteiger charge is -2.12. The van der Waals surface area contributed by atoms with Crippen LogP contribution in [0, 0.1) is 12.3 Å². The van der Waals surface area contributed by atoms with Crippen molar-refractivity contribution < 1.29 is 19.1 Å². The van der Waals surface area contributed by atoms with E-state index < -0.39 is 0 Å². The zero-order chi connectivity index (χ0) is 18.8. The van der Waals surface area contributed by atoms with Gasteiger partial charge in [-0.1, -0.05) is 35.3 Å². The molecule has 0 aliphatic carbocycles. The Morgan fingerprint density at radius 3 is 2.38 bits per heavy atom. The molecule has 0 unspecified atom stereocenters. The third-order valence-electron chi connectivity index (χ3n) is 3.44. The molecule has 1 amide bonds. The molecule has 6 nitrogen and oxygen atoms in total. The van der Waals surface area contributed by atoms with Crippen LogP contribution in [0.2, 0.25) is 0 Å². The second-order valence-corrected chi connectivity index (χ2v) is 5.11. The number of benzene rings is 2. The predicted molar refractivity (Wildman–Crippen MR) is 99.2 cm³/mol. The highest BCUT2D eigenvalue weighted by Gasteiger charge is 2.17. The van der Waals surface area contributed by atoms with E-state index >= 15 is 0 Å². The van der Waals surface area contributed by atoms with Gasteiger partial charge in [-0.05, 0) is 29.8 Å². The van der Waals surface area contributed by atoms with Crippen LogP contribution in [0.5, 0.6) is 11.5 Å². The van der Waals surface area contributed by atoms with Crippen molar-refractivity contribution in [1.82, 2.24) is 5.32 Å². The summed E-state index contributed by atoms with van der Waals surface area (Å²) in [6.45, 7) is 0.481. The lowest BCUT2D eigenvalue weighted by molar-refractivity contribution is -0.114. The molecule has 0 heterocycles. The van der Waals surface area contributed by atoms with Crippen molar-refractivity contribution in [2.24, 2.45) is 5.16 Å². The largest absolute Gasteiger partial charge is 0.489 e. The number of carbonyl (C=O) groups is 1. The monoisotopic (exact) mass is 352 g/mol. The number of nitrogens with one attached hydrogen (secondary N) is 1. The highest BCUT2D eigenvalue weighted by Crippen LogP contribution is 2.20. The average Bonchev–Trinajstić information content (AvgIpc) is 2.69. The van der Waals surface area contributed by atoms with E-state index in [4.69, 9.17) is 20.7 Å². The molecule has 0 fully saturated rings. The van der Waals surface area contributed by atoms with Crippen LogP contribution in [-0.2, 0) is 16.2 Å². The summed E-state index contributed by atoms with van der Waals surface area (Å²) in [6.07, 6.45) is 5.16. The summed E-state index contributed by atoms with van der Waals surface area (Å²) >= 11 is 0. The van der Waals surface area contributed by atoms with Gasteiger partial charge in [-0.2, -0.15) is 0 Å². The highest BCUT2D eigenvalue weighted by atomic mass is 16.6. The van der Waals surface area contributed by atoms with Gasteiger partial charge in [0.05, 0.1) is 0 Å². The van der Waals surface area contributed by atoms with E-state index in [2.05, 4.69) is 16.4 Å². The second kappa shape index (κ2) is 9.74. The molecule has 2 rings (SSSR count). The van der Waals surface area contributed by atoms with Gasteiger partial charge in [0.1, 0.15) is 31.8 Å². The second-order valence-electron chi connectivity index (χ2n) is 5.11. The van der Waals surface area contributed by atoms with Gasteiger partial charge in [0, 0.05) is 12.6 Å². The van der Waals surface area contributed by atoms with Crippen LogP contribution in [-0.4, -0.2) is 32.4 Å². The van der Waals surface area contributed by atoms with Gasteiger partial charge in [-0.3, -0.25) is 4.79 Å². The van der Waals surface area contributed by atoms with Gasteiger partial charge in [0.2, 0.25) is 0 Å². The van der Waals surface area contributed by atoms with Gasteiger partial charge in [-0.25, -0.2) is 0 Å². The molecular formula is C20H20N2O4. The first kappa shape index (κ1) is 18.9. The van der Waals surface area contributed by atoms with E-state index in [1.165, 1.54) is 14.2 Å². The van der Waals surface area contributed by atoms with Crippen LogP contribution in [0.3, 0.4) is 0 Å². The number of likely N-dealkylation sites (N-methyl/N-ethyl adjacent to an activating group) is 1. The number of amides is 1. The Balaban J connectivity index is 2.14. The van der Waals surface area contributed by atoms with Gasteiger partial charge < -0.3 is 19.6 Å². The molecule has 0 radical (unpaired) electrons. The normalized spacial score (nSPS) is 10.6. The third-order valence-corrected chi connectivity index (χ3v) is 3.44. The molecule has 0 atom stereocenters. The summed E-state index contributed by atoms with van der Waals surface area (Å²) in [5, 5.41) is 6.39. The van der Waals surface area contributed by atoms with Crippen molar-refractivity contribution in [2.75, 3.05) is 20.8 Å². The highest BCUT2D eigenvalue weighted by molar-refractivity contribution is 6.45. The number of carbonyl (C=O) groups excluding carboxylic acids is 1. The van der Waals surface area contributed by atoms with Crippen molar-refractivity contribution in [3.05, 3.63) is 59.7 Å². The molecule has 134 valence electrons. The molecule has 0 bridgehead atoms. The van der Waals surface area contributed by atoms with Crippen LogP contribution in [0.15, 0.2) is 53.7 Å². The first-order valence-electron chi connectivity index (χ1n) is 7.90. The van der Waals surface area contributed by atoms with Crippen LogP contribution in [0.1, 0.15) is 11.1 Å². The lowest BCUT2D eigenvalue weighted by atomic mass is 10.0. The number of ether oxygens (including phenoxy) is 2. The number of nitrogens with zero attached hydrogens (tertiary/aromatic N) is 1. The molecule has 1 N–H and O–H groups in total. The fraction of sp³-hybridized carbons (Fsp3) is 0.200. The quantitative estimate of drug-likeness (QED) is 0.450. The van der Waals surface area contributed by atoms with Crippen LogP contribution in [0.4, 0.5) is 0 Å². The minimum Gasteiger partial charge on any atom is -0.489 e. The number of terminal acetylenes is 1. The van der Waals surface area contributed by atoms with Gasteiger partial charge in [0.15, 0.2) is 5.71 Å². The minimum absolute atomic E-state index is 0.187. The summed E-state index contributed by atoms with van der Waals surface area (Å²) in [6, 6.07) is 14.5. The fourth-order valence-electron chi connectivity index (χ4n) is 2.22. The third kappa shape index (κ3) is 5.02. The summed E-state index contributed by atoms with van der Waals surface area (Å²) in [5.41, 5.74) is 1.63. The Hall–Kier alpha value is -3.46. The zero-order valence-electron chi connectivity index (χ0n) is 14.7. The molecule has 0 saturated carbocycles. The Labute approximate surface area is 152 Å². The molecule has 2 aromatic carbocycles. The van der Waals surface area contributed by atoms with Crippen molar-refractivity contribution in [3.63, 3.8) is 0 Å². The van der Waals surface area contributed by atoms with E-state index in [9.17, 15) is 4.79 Å². The van der Waals surface area contributed by atoms with Crippen molar-refractivity contribution in [3.8, 4) is 23.8 Å². The predicted octanol–water partition coefficient (Wildman–Crippen LogP) is 2.37. The molecule has 0 spiro atoms. The minimum atomic E-state index is -0.339. The number of hydrogen-bond donors (Lipinski definition) is 1. The summed E-state index contributed by atoms with van der Waals surface area (Å²) < 4.78 is 11.1. The smallest absolute Gasteiger partial charge is 0.273 e. The summed E-state index contributed by atoms with van der Waals surface area (Å²) in [7, 11) is 2.93. The molecule has 26 heavy (non-hydrogen) atoms. The maximum absolute atomic E-state index is 12.1. The van der Waals surface area contributed by atoms with Crippen molar-refractivity contribution in [1.29, 1.82) is 0 Å². The first-order chi connectivity index (χ1) is 12.7. The molecule has 0 aliphatic rings. The Morgan fingerprint density at radius 2 is 1.77 bits per heavy atom. The number of rotatable bonds is 8. The standard InChI is InChI=1S/C20H20N2O4/c1-4-13-25-16-9-11-17(12-10-16)26-14-15-7-5-6-8-18(15)19(22-24-3)20(23)21-2/h1,5-12H,13-14H2,2-3H3,(H,21,23)/b22-19+. The van der Waals surface area contributed by atoms with E-state index in [0.29, 0.717) is 17.1 Å². The van der Waals surface area contributed by atoms with Crippen LogP contribution >= 0.6 is 0 Å². The van der Waals surface area contributed by atoms with Crippen LogP contribution in [0.25, 0.3) is 0 Å².